The number of nitrogens with one attached hydrogen (secondary N) is 3. The second-order valence-corrected chi connectivity index (χ2v) is 8.83. The first-order valence-corrected chi connectivity index (χ1v) is 11.2. The predicted octanol–water partition coefficient (Wildman–Crippen LogP) is 2.10. The van der Waals surface area contributed by atoms with Gasteiger partial charge in [-0.1, -0.05) is 37.3 Å². The fraction of sp³-hybridized carbons (Fsp3) is 0.348. The lowest BCUT2D eigenvalue weighted by atomic mass is 10.1. The summed E-state index contributed by atoms with van der Waals surface area (Å²) < 4.78 is 0. The Bertz CT molecular complexity index is 902. The first kappa shape index (κ1) is 22.7. The summed E-state index contributed by atoms with van der Waals surface area (Å²) in [6.07, 6.45) is 0. The number of rotatable bonds is 7. The van der Waals surface area contributed by atoms with Gasteiger partial charge in [0.1, 0.15) is 0 Å². The number of carbonyl (C=O) groups excluding carboxylic acids is 2. The maximum absolute atomic E-state index is 12.5. The molecule has 0 aromatic heterocycles. The summed E-state index contributed by atoms with van der Waals surface area (Å²) in [5.74, 6) is 0.507. The number of aliphatic imine (C=N–C) groups is 1. The van der Waals surface area contributed by atoms with Crippen molar-refractivity contribution in [2.45, 2.75) is 23.6 Å². The van der Waals surface area contributed by atoms with Gasteiger partial charge in [0.25, 0.3) is 5.91 Å². The molecule has 1 saturated heterocycles. The first-order chi connectivity index (χ1) is 15.0. The quantitative estimate of drug-likeness (QED) is 0.350. The fourth-order valence-corrected chi connectivity index (χ4v) is 4.13. The van der Waals surface area contributed by atoms with E-state index in [1.54, 1.807) is 24.1 Å². The van der Waals surface area contributed by atoms with Crippen molar-refractivity contribution < 1.29 is 9.59 Å². The van der Waals surface area contributed by atoms with Crippen molar-refractivity contribution in [3.8, 4) is 0 Å². The number of carbonyl (C=O) groups is 2. The summed E-state index contributed by atoms with van der Waals surface area (Å²) in [6, 6.07) is 17.8. The Morgan fingerprint density at radius 2 is 1.90 bits per heavy atom. The Balaban J connectivity index is 1.45. The van der Waals surface area contributed by atoms with Gasteiger partial charge in [0, 0.05) is 48.9 Å². The van der Waals surface area contributed by atoms with E-state index in [-0.39, 0.29) is 18.4 Å². The number of hydrogen-bond acceptors (Lipinski definition) is 4. The Morgan fingerprint density at radius 1 is 1.16 bits per heavy atom. The first-order valence-electron chi connectivity index (χ1n) is 10.4. The van der Waals surface area contributed by atoms with Gasteiger partial charge in [0.2, 0.25) is 5.91 Å². The second-order valence-electron chi connectivity index (χ2n) is 7.32. The largest absolute Gasteiger partial charge is 0.355 e. The van der Waals surface area contributed by atoms with E-state index in [1.165, 1.54) is 4.90 Å². The number of amides is 2. The van der Waals surface area contributed by atoms with Crippen molar-refractivity contribution in [2.24, 2.45) is 4.99 Å². The monoisotopic (exact) mass is 439 g/mol. The molecule has 8 heteroatoms. The molecule has 1 atom stereocenters. The van der Waals surface area contributed by atoms with Gasteiger partial charge in [-0.3, -0.25) is 14.6 Å². The van der Waals surface area contributed by atoms with Gasteiger partial charge in [0.05, 0.1) is 6.54 Å². The van der Waals surface area contributed by atoms with Crippen molar-refractivity contribution in [1.29, 1.82) is 0 Å². The molecular weight excluding hydrogens is 410 g/mol. The van der Waals surface area contributed by atoms with E-state index < -0.39 is 0 Å². The second kappa shape index (κ2) is 11.4. The molecule has 2 aromatic rings. The number of guanidine groups is 1. The van der Waals surface area contributed by atoms with Crippen molar-refractivity contribution in [2.75, 3.05) is 33.2 Å². The highest BCUT2D eigenvalue weighted by atomic mass is 32.2. The molecule has 31 heavy (non-hydrogen) atoms. The minimum Gasteiger partial charge on any atom is -0.355 e. The average molecular weight is 440 g/mol. The zero-order valence-electron chi connectivity index (χ0n) is 17.9. The van der Waals surface area contributed by atoms with E-state index in [0.717, 1.165) is 18.1 Å². The molecule has 2 aromatic carbocycles. The average Bonchev–Trinajstić information content (AvgIpc) is 2.80. The summed E-state index contributed by atoms with van der Waals surface area (Å²) in [6.45, 7) is 4.72. The van der Waals surface area contributed by atoms with Crippen LogP contribution >= 0.6 is 11.8 Å². The van der Waals surface area contributed by atoms with Crippen LogP contribution in [0.3, 0.4) is 0 Å². The van der Waals surface area contributed by atoms with Crippen molar-refractivity contribution in [3.63, 3.8) is 0 Å². The van der Waals surface area contributed by atoms with Crippen molar-refractivity contribution >= 4 is 29.5 Å². The number of benzene rings is 2. The number of nitrogens with zero attached hydrogens (tertiary/aromatic N) is 2. The topological polar surface area (TPSA) is 85.8 Å². The summed E-state index contributed by atoms with van der Waals surface area (Å²) >= 11 is 1.82. The lowest BCUT2D eigenvalue weighted by molar-refractivity contribution is -0.123. The van der Waals surface area contributed by atoms with Gasteiger partial charge in [-0.15, -0.1) is 11.8 Å². The molecule has 2 amide bonds. The van der Waals surface area contributed by atoms with E-state index in [9.17, 15) is 9.59 Å². The molecule has 0 bridgehead atoms. The normalized spacial score (nSPS) is 15.2. The Morgan fingerprint density at radius 3 is 2.58 bits per heavy atom. The SMILES string of the molecule is CN=C(NCc1ccc(C(=O)N2CCNC(=O)C2)cc1)NCC(C)Sc1ccccc1. The Hall–Kier alpha value is -3.00. The molecule has 1 heterocycles. The molecule has 3 N–H and O–H groups in total. The Labute approximate surface area is 187 Å². The van der Waals surface area contributed by atoms with Crippen LogP contribution in [0.4, 0.5) is 0 Å². The minimum absolute atomic E-state index is 0.114. The van der Waals surface area contributed by atoms with Crippen LogP contribution < -0.4 is 16.0 Å². The highest BCUT2D eigenvalue weighted by molar-refractivity contribution is 8.00. The standard InChI is InChI=1S/C23H29N5O2S/c1-17(31-20-6-4-3-5-7-20)14-26-23(24-2)27-15-18-8-10-19(11-9-18)22(30)28-13-12-25-21(29)16-28/h3-11,17H,12-16H2,1-2H3,(H,25,29)(H2,24,26,27). The summed E-state index contributed by atoms with van der Waals surface area (Å²) in [5, 5.41) is 9.78. The third-order valence-electron chi connectivity index (χ3n) is 4.85. The summed E-state index contributed by atoms with van der Waals surface area (Å²) in [4.78, 5) is 31.2. The van der Waals surface area contributed by atoms with Gasteiger partial charge in [-0.2, -0.15) is 0 Å². The maximum atomic E-state index is 12.5. The lowest BCUT2D eigenvalue weighted by Crippen LogP contribution is -2.49. The third-order valence-corrected chi connectivity index (χ3v) is 5.96. The van der Waals surface area contributed by atoms with Crippen LogP contribution in [0.15, 0.2) is 64.5 Å². The number of piperazine rings is 1. The molecule has 1 fully saturated rings. The third kappa shape index (κ3) is 7.03. The van der Waals surface area contributed by atoms with Crippen molar-refractivity contribution in [1.82, 2.24) is 20.9 Å². The molecule has 0 spiro atoms. The van der Waals surface area contributed by atoms with E-state index in [4.69, 9.17) is 0 Å². The molecule has 164 valence electrons. The van der Waals surface area contributed by atoms with Gasteiger partial charge in [0.15, 0.2) is 5.96 Å². The van der Waals surface area contributed by atoms with E-state index >= 15 is 0 Å². The van der Waals surface area contributed by atoms with Crippen LogP contribution in [-0.4, -0.2) is 61.2 Å². The van der Waals surface area contributed by atoms with E-state index in [2.05, 4.69) is 40.0 Å². The van der Waals surface area contributed by atoms with Crippen molar-refractivity contribution in [3.05, 3.63) is 65.7 Å². The molecule has 1 unspecified atom stereocenters. The fourth-order valence-electron chi connectivity index (χ4n) is 3.18. The van der Waals surface area contributed by atoms with Crippen LogP contribution in [0, 0.1) is 0 Å². The van der Waals surface area contributed by atoms with Gasteiger partial charge in [-0.05, 0) is 29.8 Å². The van der Waals surface area contributed by atoms with Gasteiger partial charge in [-0.25, -0.2) is 0 Å². The summed E-state index contributed by atoms with van der Waals surface area (Å²) in [5.41, 5.74) is 1.63. The minimum atomic E-state index is -0.115. The molecule has 0 saturated carbocycles. The molecular formula is C23H29N5O2S. The molecule has 0 aliphatic carbocycles. The zero-order valence-corrected chi connectivity index (χ0v) is 18.7. The molecule has 7 nitrogen and oxygen atoms in total. The predicted molar refractivity (Wildman–Crippen MR) is 125 cm³/mol. The van der Waals surface area contributed by atoms with Crippen LogP contribution in [0.25, 0.3) is 0 Å². The molecule has 3 rings (SSSR count). The maximum Gasteiger partial charge on any atom is 0.254 e. The lowest BCUT2D eigenvalue weighted by Gasteiger charge is -2.26. The number of thioether (sulfide) groups is 1. The van der Waals surface area contributed by atoms with E-state index in [1.807, 2.05) is 42.1 Å². The number of hydrogen-bond donors (Lipinski definition) is 3. The van der Waals surface area contributed by atoms with Crippen LogP contribution in [0.2, 0.25) is 0 Å². The smallest absolute Gasteiger partial charge is 0.254 e. The summed E-state index contributed by atoms with van der Waals surface area (Å²) in [7, 11) is 1.75. The van der Waals surface area contributed by atoms with Gasteiger partial charge >= 0.3 is 0 Å². The van der Waals surface area contributed by atoms with Gasteiger partial charge < -0.3 is 20.9 Å². The molecule has 1 aliphatic heterocycles. The van der Waals surface area contributed by atoms with Crippen LogP contribution in [0.5, 0.6) is 0 Å². The highest BCUT2D eigenvalue weighted by Crippen LogP contribution is 2.21. The highest BCUT2D eigenvalue weighted by Gasteiger charge is 2.22. The Kier molecular flexibility index (Phi) is 8.35. The van der Waals surface area contributed by atoms with E-state index in [0.29, 0.717) is 30.4 Å². The van der Waals surface area contributed by atoms with Crippen LogP contribution in [-0.2, 0) is 11.3 Å². The molecule has 1 aliphatic rings. The zero-order chi connectivity index (χ0) is 22.1. The molecule has 0 radical (unpaired) electrons. The van der Waals surface area contributed by atoms with Crippen LogP contribution in [0.1, 0.15) is 22.8 Å².